The zero-order valence-electron chi connectivity index (χ0n) is 6.41. The van der Waals surface area contributed by atoms with Gasteiger partial charge in [0.1, 0.15) is 5.54 Å². The van der Waals surface area contributed by atoms with E-state index in [2.05, 4.69) is 0 Å². The van der Waals surface area contributed by atoms with Crippen LogP contribution in [0.5, 0.6) is 0 Å². The number of hydrogen-bond acceptors (Lipinski definition) is 2. The SMILES string of the molecule is C[C@](N)(C#N)c1ccccc1. The first-order chi connectivity index (χ1) is 5.17. The van der Waals surface area contributed by atoms with Crippen LogP contribution in [0.2, 0.25) is 0 Å². The van der Waals surface area contributed by atoms with Crippen molar-refractivity contribution >= 4 is 0 Å². The summed E-state index contributed by atoms with van der Waals surface area (Å²) in [6.45, 7) is 1.70. The molecule has 0 aliphatic carbocycles. The largest absolute Gasteiger partial charge is 0.310 e. The second-order valence-electron chi connectivity index (χ2n) is 2.68. The fourth-order valence-electron chi connectivity index (χ4n) is 0.849. The van der Waals surface area contributed by atoms with Gasteiger partial charge in [-0.15, -0.1) is 0 Å². The topological polar surface area (TPSA) is 49.8 Å². The van der Waals surface area contributed by atoms with E-state index in [1.807, 2.05) is 36.4 Å². The standard InChI is InChI=1S/C9H10N2/c1-9(11,7-10)8-5-3-2-4-6-8/h2-6H,11H2,1H3/t9-/m0/s1. The lowest BCUT2D eigenvalue weighted by molar-refractivity contribution is 0.646. The van der Waals surface area contributed by atoms with Crippen LogP contribution in [0.25, 0.3) is 0 Å². The zero-order chi connectivity index (χ0) is 8.32. The third-order valence-corrected chi connectivity index (χ3v) is 1.61. The average Bonchev–Trinajstić information content (AvgIpc) is 2.06. The Morgan fingerprint density at radius 1 is 1.36 bits per heavy atom. The van der Waals surface area contributed by atoms with Gasteiger partial charge < -0.3 is 5.73 Å². The Hall–Kier alpha value is -1.33. The Labute approximate surface area is 66.3 Å². The summed E-state index contributed by atoms with van der Waals surface area (Å²) in [4.78, 5) is 0. The Balaban J connectivity index is 3.05. The minimum Gasteiger partial charge on any atom is -0.310 e. The molecular weight excluding hydrogens is 136 g/mol. The van der Waals surface area contributed by atoms with Crippen LogP contribution in [-0.2, 0) is 5.54 Å². The number of nitriles is 1. The first-order valence-electron chi connectivity index (χ1n) is 3.42. The van der Waals surface area contributed by atoms with Gasteiger partial charge >= 0.3 is 0 Å². The number of hydrogen-bond donors (Lipinski definition) is 1. The average molecular weight is 146 g/mol. The molecule has 0 radical (unpaired) electrons. The highest BCUT2D eigenvalue weighted by atomic mass is 14.7. The molecule has 0 heterocycles. The predicted molar refractivity (Wildman–Crippen MR) is 43.6 cm³/mol. The minimum absolute atomic E-state index is 0.850. The fraction of sp³-hybridized carbons (Fsp3) is 0.222. The molecule has 0 fully saturated rings. The molecule has 0 aliphatic heterocycles. The van der Waals surface area contributed by atoms with Crippen molar-refractivity contribution in [2.75, 3.05) is 0 Å². The normalized spacial score (nSPS) is 15.0. The molecule has 0 amide bonds. The molecule has 0 bridgehead atoms. The molecule has 1 atom stereocenters. The van der Waals surface area contributed by atoms with Gasteiger partial charge in [0, 0.05) is 0 Å². The molecule has 2 heteroatoms. The summed E-state index contributed by atoms with van der Waals surface area (Å²) >= 11 is 0. The molecule has 2 N–H and O–H groups in total. The summed E-state index contributed by atoms with van der Waals surface area (Å²) in [6.07, 6.45) is 0. The molecule has 1 aromatic carbocycles. The van der Waals surface area contributed by atoms with Crippen molar-refractivity contribution in [2.24, 2.45) is 5.73 Å². The maximum atomic E-state index is 8.67. The summed E-state index contributed by atoms with van der Waals surface area (Å²) in [6, 6.07) is 11.4. The van der Waals surface area contributed by atoms with E-state index >= 15 is 0 Å². The van der Waals surface area contributed by atoms with Gasteiger partial charge in [-0.1, -0.05) is 30.3 Å². The highest BCUT2D eigenvalue weighted by Gasteiger charge is 2.18. The van der Waals surface area contributed by atoms with Crippen molar-refractivity contribution in [3.05, 3.63) is 35.9 Å². The summed E-state index contributed by atoms with van der Waals surface area (Å²) < 4.78 is 0. The molecule has 0 unspecified atom stereocenters. The number of nitrogens with two attached hydrogens (primary N) is 1. The Morgan fingerprint density at radius 2 is 1.91 bits per heavy atom. The Bertz CT molecular complexity index is 269. The van der Waals surface area contributed by atoms with E-state index in [0.29, 0.717) is 0 Å². The second-order valence-corrected chi connectivity index (χ2v) is 2.68. The third-order valence-electron chi connectivity index (χ3n) is 1.61. The van der Waals surface area contributed by atoms with Gasteiger partial charge in [0.2, 0.25) is 0 Å². The number of benzene rings is 1. The lowest BCUT2D eigenvalue weighted by atomic mass is 9.95. The van der Waals surface area contributed by atoms with Crippen molar-refractivity contribution in [2.45, 2.75) is 12.5 Å². The number of rotatable bonds is 1. The third kappa shape index (κ3) is 1.57. The second kappa shape index (κ2) is 2.73. The monoisotopic (exact) mass is 146 g/mol. The number of nitrogens with zero attached hydrogens (tertiary/aromatic N) is 1. The smallest absolute Gasteiger partial charge is 0.126 e. The van der Waals surface area contributed by atoms with E-state index in [1.54, 1.807) is 6.92 Å². The summed E-state index contributed by atoms with van der Waals surface area (Å²) in [5, 5.41) is 8.67. The molecule has 0 spiro atoms. The van der Waals surface area contributed by atoms with Crippen LogP contribution >= 0.6 is 0 Å². The maximum Gasteiger partial charge on any atom is 0.126 e. The quantitative estimate of drug-likeness (QED) is 0.650. The molecule has 11 heavy (non-hydrogen) atoms. The molecular formula is C9H10N2. The lowest BCUT2D eigenvalue weighted by Gasteiger charge is -2.14. The molecule has 0 saturated carbocycles. The van der Waals surface area contributed by atoms with Crippen LogP contribution in [0.1, 0.15) is 12.5 Å². The van der Waals surface area contributed by atoms with Gasteiger partial charge in [-0.3, -0.25) is 0 Å². The lowest BCUT2D eigenvalue weighted by Crippen LogP contribution is -2.30. The zero-order valence-corrected chi connectivity index (χ0v) is 6.41. The van der Waals surface area contributed by atoms with Gasteiger partial charge in [-0.05, 0) is 12.5 Å². The minimum atomic E-state index is -0.860. The molecule has 0 saturated heterocycles. The van der Waals surface area contributed by atoms with E-state index in [0.717, 1.165) is 5.56 Å². The van der Waals surface area contributed by atoms with Crippen LogP contribution < -0.4 is 5.73 Å². The summed E-state index contributed by atoms with van der Waals surface area (Å²) in [5.41, 5.74) is 5.67. The van der Waals surface area contributed by atoms with E-state index in [4.69, 9.17) is 11.0 Å². The van der Waals surface area contributed by atoms with Gasteiger partial charge in [-0.2, -0.15) is 5.26 Å². The molecule has 1 aromatic rings. The van der Waals surface area contributed by atoms with Crippen LogP contribution in [0.3, 0.4) is 0 Å². The Morgan fingerprint density at radius 3 is 2.36 bits per heavy atom. The predicted octanol–water partition coefficient (Wildman–Crippen LogP) is 1.38. The van der Waals surface area contributed by atoms with E-state index in [9.17, 15) is 0 Å². The van der Waals surface area contributed by atoms with Crippen molar-refractivity contribution in [1.29, 1.82) is 5.26 Å². The van der Waals surface area contributed by atoms with Crippen molar-refractivity contribution in [3.8, 4) is 6.07 Å². The molecule has 0 aliphatic rings. The highest BCUT2D eigenvalue weighted by molar-refractivity contribution is 5.28. The van der Waals surface area contributed by atoms with Crippen LogP contribution in [0.4, 0.5) is 0 Å². The van der Waals surface area contributed by atoms with Crippen molar-refractivity contribution in [1.82, 2.24) is 0 Å². The van der Waals surface area contributed by atoms with Gasteiger partial charge in [0.05, 0.1) is 6.07 Å². The summed E-state index contributed by atoms with van der Waals surface area (Å²) in [5.74, 6) is 0. The van der Waals surface area contributed by atoms with Gasteiger partial charge in [0.25, 0.3) is 0 Å². The molecule has 1 rings (SSSR count). The summed E-state index contributed by atoms with van der Waals surface area (Å²) in [7, 11) is 0. The molecule has 2 nitrogen and oxygen atoms in total. The van der Waals surface area contributed by atoms with Gasteiger partial charge in [0.15, 0.2) is 0 Å². The maximum absolute atomic E-state index is 8.67. The van der Waals surface area contributed by atoms with Crippen LogP contribution in [0, 0.1) is 11.3 Å². The first-order valence-corrected chi connectivity index (χ1v) is 3.42. The van der Waals surface area contributed by atoms with E-state index in [-0.39, 0.29) is 0 Å². The van der Waals surface area contributed by atoms with E-state index in [1.165, 1.54) is 0 Å². The van der Waals surface area contributed by atoms with E-state index < -0.39 is 5.54 Å². The first kappa shape index (κ1) is 7.77. The van der Waals surface area contributed by atoms with Crippen LogP contribution in [0.15, 0.2) is 30.3 Å². The van der Waals surface area contributed by atoms with Crippen LogP contribution in [-0.4, -0.2) is 0 Å². The van der Waals surface area contributed by atoms with Crippen molar-refractivity contribution < 1.29 is 0 Å². The Kier molecular flexibility index (Phi) is 1.93. The van der Waals surface area contributed by atoms with Gasteiger partial charge in [-0.25, -0.2) is 0 Å². The highest BCUT2D eigenvalue weighted by Crippen LogP contribution is 2.14. The molecule has 56 valence electrons. The van der Waals surface area contributed by atoms with Crippen molar-refractivity contribution in [3.63, 3.8) is 0 Å². The fourth-order valence-corrected chi connectivity index (χ4v) is 0.849. The molecule has 0 aromatic heterocycles.